The Labute approximate surface area is 425 Å². The molecule has 8 aromatic rings. The predicted octanol–water partition coefficient (Wildman–Crippen LogP) is 16.7. The minimum absolute atomic E-state index is 0. The van der Waals surface area contributed by atoms with E-state index in [2.05, 4.69) is 45.7 Å². The third-order valence-electron chi connectivity index (χ3n) is 12.1. The third-order valence-corrected chi connectivity index (χ3v) is 12.1. The van der Waals surface area contributed by atoms with Gasteiger partial charge < -0.3 is 5.11 Å². The van der Waals surface area contributed by atoms with E-state index in [1.54, 1.807) is 22.8 Å². The first-order chi connectivity index (χ1) is 35.4. The summed E-state index contributed by atoms with van der Waals surface area (Å²) >= 11 is 0. The molecule has 0 aliphatic carbocycles. The van der Waals surface area contributed by atoms with Crippen LogP contribution in [0.5, 0.6) is 5.75 Å². The molecule has 6 aromatic carbocycles. The summed E-state index contributed by atoms with van der Waals surface area (Å²) in [5.41, 5.74) is 6.19. The fourth-order valence-corrected chi connectivity index (χ4v) is 8.12. The van der Waals surface area contributed by atoms with Crippen molar-refractivity contribution in [2.24, 2.45) is 0 Å². The number of aromatic nitrogens is 3. The third kappa shape index (κ3) is 9.63. The van der Waals surface area contributed by atoms with Crippen LogP contribution in [0.2, 0.25) is 0 Å². The van der Waals surface area contributed by atoms with E-state index in [1.165, 1.54) is 0 Å². The fourth-order valence-electron chi connectivity index (χ4n) is 8.12. The number of para-hydroxylation sites is 1. The first-order valence-corrected chi connectivity index (χ1v) is 22.3. The zero-order chi connectivity index (χ0) is 57.1. The molecule has 5 heteroatoms. The molecule has 0 bridgehead atoms. The maximum atomic E-state index is 12.6. The first-order valence-electron chi connectivity index (χ1n) is 28.3. The smallest absolute Gasteiger partial charge is 0.148 e. The molecule has 2 aromatic heterocycles. The van der Waals surface area contributed by atoms with Crippen LogP contribution in [0.3, 0.4) is 0 Å². The molecule has 2 heterocycles. The standard InChI is InChI=1S/C61H66N3O.Pt/c1-37(2)43-28-44(38(3)4)30-45(29-43)41-23-24-54(39(5)27-41)64-55-22-18-21-50(56(55)63-58(64)51-35-49(60(9,10)11)36-52(57(51)65)61(12,13)14)46-31-47(33-48(32-46)59(6,7)8)53-34-42(25-26-62-53)40-19-16-15-17-20-40;/h15-30,32-38,65H,1-14H3;/q-1;/i5D3,15D,16D,17D,19D,20D,25D,26D,34D,37D;. The maximum absolute atomic E-state index is 12.6. The molecule has 0 amide bonds. The summed E-state index contributed by atoms with van der Waals surface area (Å²) in [6.07, 6.45) is -0.573. The van der Waals surface area contributed by atoms with Gasteiger partial charge in [-0.3, -0.25) is 9.55 Å². The molecule has 0 saturated carbocycles. The fraction of sp³-hybridized carbons (Fsp3) is 0.311. The van der Waals surface area contributed by atoms with Crippen LogP contribution in [-0.2, 0) is 37.3 Å². The van der Waals surface area contributed by atoms with E-state index in [1.807, 2.05) is 116 Å². The monoisotopic (exact) mass is 1060 g/mol. The molecule has 66 heavy (non-hydrogen) atoms. The van der Waals surface area contributed by atoms with E-state index in [9.17, 15) is 6.48 Å². The Morgan fingerprint density at radius 2 is 1.36 bits per heavy atom. The average Bonchev–Trinajstić information content (AvgIpc) is 3.74. The van der Waals surface area contributed by atoms with Gasteiger partial charge in [0, 0.05) is 44.0 Å². The zero-order valence-corrected chi connectivity index (χ0v) is 42.5. The number of nitrogens with zero attached hydrogens (tertiary/aromatic N) is 3. The number of pyridine rings is 1. The van der Waals surface area contributed by atoms with Gasteiger partial charge in [-0.05, 0) is 110 Å². The Morgan fingerprint density at radius 3 is 2.02 bits per heavy atom. The first kappa shape index (κ1) is 34.7. The molecule has 8 rings (SSSR count). The van der Waals surface area contributed by atoms with Crippen molar-refractivity contribution in [3.63, 3.8) is 0 Å². The van der Waals surface area contributed by atoms with Gasteiger partial charge in [0.05, 0.1) is 33.3 Å². The van der Waals surface area contributed by atoms with Crippen LogP contribution >= 0.6 is 0 Å². The number of aryl methyl sites for hydroxylation is 1. The van der Waals surface area contributed by atoms with Crippen molar-refractivity contribution in [3.8, 4) is 67.5 Å². The summed E-state index contributed by atoms with van der Waals surface area (Å²) in [5.74, 6) is -0.529. The summed E-state index contributed by atoms with van der Waals surface area (Å²) in [6, 6.07) is 23.9. The summed E-state index contributed by atoms with van der Waals surface area (Å²) in [4.78, 5) is 9.85. The molecule has 342 valence electrons. The van der Waals surface area contributed by atoms with Gasteiger partial charge >= 0.3 is 0 Å². The number of rotatable bonds is 8. The second kappa shape index (κ2) is 18.3. The van der Waals surface area contributed by atoms with Crippen LogP contribution in [0.15, 0.2) is 127 Å². The molecule has 4 nitrogen and oxygen atoms in total. The van der Waals surface area contributed by atoms with Crippen LogP contribution in [0.25, 0.3) is 72.7 Å². The second-order valence-corrected chi connectivity index (χ2v) is 20.7. The SMILES string of the molecule is [2H]c1nc(-c2[c-]c(-c3cccc4c3nc(-c3cc(C(C)(C)C)cc(C(C)(C)C)c3O)n4-c3ccc(-c4cc(C(C)C)cc(C([2H])(C)C)c4)cc3C([2H])([2H])[2H])cc(C(C)(C)C)c2)c([2H])c(-c2c([2H])c([2H])c([2H])c([2H])c2[2H])c1[2H].[Pt]. The summed E-state index contributed by atoms with van der Waals surface area (Å²) in [7, 11) is 0. The molecule has 0 unspecified atom stereocenters. The van der Waals surface area contributed by atoms with Crippen LogP contribution < -0.4 is 0 Å². The van der Waals surface area contributed by atoms with E-state index >= 15 is 0 Å². The Morgan fingerprint density at radius 1 is 0.682 bits per heavy atom. The molecule has 0 atom stereocenters. The zero-order valence-electron chi connectivity index (χ0n) is 52.2. The van der Waals surface area contributed by atoms with Crippen molar-refractivity contribution in [3.05, 3.63) is 167 Å². The molecule has 0 aliphatic rings. The largest absolute Gasteiger partial charge is 0.507 e. The quantitative estimate of drug-likeness (QED) is 0.154. The Kier molecular flexibility index (Phi) is 9.60. The Bertz CT molecular complexity index is 3670. The summed E-state index contributed by atoms with van der Waals surface area (Å²) < 4.78 is 108. The molecule has 0 saturated heterocycles. The molecule has 0 fully saturated rings. The second-order valence-electron chi connectivity index (χ2n) is 20.7. The number of phenols is 1. The van der Waals surface area contributed by atoms with Crippen LogP contribution in [-0.4, -0.2) is 19.6 Å². The van der Waals surface area contributed by atoms with Gasteiger partial charge in [0.25, 0.3) is 0 Å². The predicted molar refractivity (Wildman–Crippen MR) is 276 cm³/mol. The summed E-state index contributed by atoms with van der Waals surface area (Å²) in [5, 5.41) is 12.6. The Balaban J connectivity index is 0.00000882. The van der Waals surface area contributed by atoms with E-state index < -0.39 is 77.5 Å². The molecule has 0 spiro atoms. The van der Waals surface area contributed by atoms with Crippen LogP contribution in [0.1, 0.15) is 152 Å². The van der Waals surface area contributed by atoms with Gasteiger partial charge in [0.15, 0.2) is 0 Å². The summed E-state index contributed by atoms with van der Waals surface area (Å²) in [6.45, 7) is 23.5. The molecule has 1 N–H and O–H groups in total. The van der Waals surface area contributed by atoms with Crippen molar-refractivity contribution in [2.75, 3.05) is 0 Å². The number of hydrogen-bond donors (Lipinski definition) is 1. The number of phenolic OH excluding ortho intramolecular Hbond substituents is 1. The van der Waals surface area contributed by atoms with Gasteiger partial charge in [-0.1, -0.05) is 180 Å². The number of fused-ring (bicyclic) bond motifs is 1. The number of imidazole rings is 1. The van der Waals surface area contributed by atoms with E-state index in [-0.39, 0.29) is 66.5 Å². The van der Waals surface area contributed by atoms with Gasteiger partial charge in [-0.25, -0.2) is 4.98 Å². The topological polar surface area (TPSA) is 50.9 Å². The maximum Gasteiger partial charge on any atom is 0.148 e. The average molecular weight is 1060 g/mol. The van der Waals surface area contributed by atoms with Gasteiger partial charge in [0.1, 0.15) is 11.6 Å². The van der Waals surface area contributed by atoms with Crippen LogP contribution in [0, 0.1) is 12.9 Å². The van der Waals surface area contributed by atoms with Gasteiger partial charge in [-0.15, -0.1) is 29.3 Å². The van der Waals surface area contributed by atoms with Gasteiger partial charge in [-0.2, -0.15) is 0 Å². The van der Waals surface area contributed by atoms with Crippen molar-refractivity contribution in [1.29, 1.82) is 0 Å². The van der Waals surface area contributed by atoms with Crippen molar-refractivity contribution < 1.29 is 42.6 Å². The normalized spacial score (nSPS) is 15.2. The number of aromatic hydroxyl groups is 1. The number of hydrogen-bond acceptors (Lipinski definition) is 3. The molecular formula is C61H66N3OPt-. The van der Waals surface area contributed by atoms with E-state index in [4.69, 9.17) is 20.1 Å². The van der Waals surface area contributed by atoms with Gasteiger partial charge in [0.2, 0.25) is 0 Å². The minimum atomic E-state index is -2.67. The van der Waals surface area contributed by atoms with Crippen molar-refractivity contribution >= 4 is 11.0 Å². The molecule has 0 aliphatic heterocycles. The van der Waals surface area contributed by atoms with Crippen molar-refractivity contribution in [2.45, 2.75) is 125 Å². The number of benzene rings is 6. The van der Waals surface area contributed by atoms with E-state index in [0.29, 0.717) is 44.5 Å². The van der Waals surface area contributed by atoms with Crippen molar-refractivity contribution in [1.82, 2.24) is 14.5 Å². The van der Waals surface area contributed by atoms with Crippen LogP contribution in [0.4, 0.5) is 0 Å². The van der Waals surface area contributed by atoms with E-state index in [0.717, 1.165) is 27.8 Å². The Hall–Kier alpha value is -5.57. The molecular weight excluding hydrogens is 986 g/mol. The minimum Gasteiger partial charge on any atom is -0.507 e. The molecule has 0 radical (unpaired) electrons.